The van der Waals surface area contributed by atoms with Crippen molar-refractivity contribution in [2.75, 3.05) is 0 Å². The summed E-state index contributed by atoms with van der Waals surface area (Å²) >= 11 is 0. The Labute approximate surface area is 76.2 Å². The van der Waals surface area contributed by atoms with Crippen LogP contribution in [0.3, 0.4) is 0 Å². The zero-order valence-electron chi connectivity index (χ0n) is 7.76. The Morgan fingerprint density at radius 2 is 2.15 bits per heavy atom. The van der Waals surface area contributed by atoms with Crippen LogP contribution in [0.2, 0.25) is 0 Å². The van der Waals surface area contributed by atoms with E-state index in [1.165, 1.54) is 0 Å². The molecule has 0 aliphatic carbocycles. The molecule has 0 radical (unpaired) electrons. The molecule has 3 N–H and O–H groups in total. The van der Waals surface area contributed by atoms with Gasteiger partial charge >= 0.3 is 0 Å². The van der Waals surface area contributed by atoms with Gasteiger partial charge in [0.05, 0.1) is 5.69 Å². The minimum absolute atomic E-state index is 0.451. The summed E-state index contributed by atoms with van der Waals surface area (Å²) in [5.74, 6) is 0. The van der Waals surface area contributed by atoms with E-state index >= 15 is 0 Å². The van der Waals surface area contributed by atoms with Crippen LogP contribution in [-0.2, 0) is 6.54 Å². The Morgan fingerprint density at radius 3 is 2.85 bits per heavy atom. The van der Waals surface area contributed by atoms with E-state index in [4.69, 9.17) is 5.73 Å². The molecule has 2 heterocycles. The van der Waals surface area contributed by atoms with Gasteiger partial charge < -0.3 is 5.73 Å². The van der Waals surface area contributed by atoms with Gasteiger partial charge in [0.1, 0.15) is 11.0 Å². The molecule has 4 heteroatoms. The Balaban J connectivity index is 2.82. The summed E-state index contributed by atoms with van der Waals surface area (Å²) in [7, 11) is 0. The molecule has 0 saturated heterocycles. The summed E-state index contributed by atoms with van der Waals surface area (Å²) in [6.45, 7) is 4.45. The number of pyridine rings is 1. The van der Waals surface area contributed by atoms with E-state index < -0.39 is 0 Å². The van der Waals surface area contributed by atoms with Crippen LogP contribution in [0.5, 0.6) is 0 Å². The van der Waals surface area contributed by atoms with Crippen molar-refractivity contribution in [3.63, 3.8) is 0 Å². The van der Waals surface area contributed by atoms with Crippen molar-refractivity contribution in [1.29, 1.82) is 0 Å². The Hall–Kier alpha value is -1.42. The van der Waals surface area contributed by atoms with Crippen LogP contribution in [0.15, 0.2) is 6.07 Å². The molecule has 0 aliphatic heterocycles. The molecule has 0 unspecified atom stereocenters. The van der Waals surface area contributed by atoms with Crippen LogP contribution in [-0.4, -0.2) is 15.2 Å². The fraction of sp³-hybridized carbons (Fsp3) is 0.333. The van der Waals surface area contributed by atoms with Gasteiger partial charge in [0.2, 0.25) is 0 Å². The van der Waals surface area contributed by atoms with Crippen molar-refractivity contribution < 1.29 is 0 Å². The highest BCUT2D eigenvalue weighted by Crippen LogP contribution is 2.17. The Morgan fingerprint density at radius 1 is 1.38 bits per heavy atom. The lowest BCUT2D eigenvalue weighted by Gasteiger charge is -1.97. The Bertz CT molecular complexity index is 444. The largest absolute Gasteiger partial charge is 0.325 e. The van der Waals surface area contributed by atoms with Crippen LogP contribution in [0.1, 0.15) is 17.0 Å². The molecule has 2 aromatic rings. The summed E-state index contributed by atoms with van der Waals surface area (Å²) in [6, 6.07) is 2.02. The number of nitrogens with two attached hydrogens (primary N) is 1. The molecule has 0 aromatic carbocycles. The molecule has 68 valence electrons. The standard InChI is InChI=1S/C9H12N4/c1-5-3-6(2)11-9-7(4-10)12-13-8(5)9/h3H,4,10H2,1-2H3,(H,12,13). The summed E-state index contributed by atoms with van der Waals surface area (Å²) in [5, 5.41) is 7.06. The number of aromatic amines is 1. The molecule has 0 saturated carbocycles. The van der Waals surface area contributed by atoms with Crippen LogP contribution in [0.4, 0.5) is 0 Å². The first-order valence-corrected chi connectivity index (χ1v) is 4.23. The molecule has 0 aliphatic rings. The number of H-pyrrole nitrogens is 1. The van der Waals surface area contributed by atoms with Gasteiger partial charge in [0, 0.05) is 12.2 Å². The highest BCUT2D eigenvalue weighted by atomic mass is 15.1. The predicted octanol–water partition coefficient (Wildman–Crippen LogP) is 1.03. The van der Waals surface area contributed by atoms with Crippen LogP contribution < -0.4 is 5.73 Å². The van der Waals surface area contributed by atoms with E-state index in [9.17, 15) is 0 Å². The molecule has 2 aromatic heterocycles. The van der Waals surface area contributed by atoms with Gasteiger partial charge in [-0.1, -0.05) is 0 Å². The maximum absolute atomic E-state index is 5.55. The zero-order valence-corrected chi connectivity index (χ0v) is 7.76. The third kappa shape index (κ3) is 1.19. The number of aromatic nitrogens is 3. The number of rotatable bonds is 1. The molecule has 0 spiro atoms. The van der Waals surface area contributed by atoms with Crippen LogP contribution in [0.25, 0.3) is 11.0 Å². The number of hydrogen-bond acceptors (Lipinski definition) is 3. The number of nitrogens with zero attached hydrogens (tertiary/aromatic N) is 2. The van der Waals surface area contributed by atoms with Gasteiger partial charge in [-0.05, 0) is 25.5 Å². The number of hydrogen-bond donors (Lipinski definition) is 2. The second kappa shape index (κ2) is 2.81. The molecule has 0 fully saturated rings. The van der Waals surface area contributed by atoms with Crippen molar-refractivity contribution >= 4 is 11.0 Å². The van der Waals surface area contributed by atoms with Crippen molar-refractivity contribution in [2.45, 2.75) is 20.4 Å². The summed E-state index contributed by atoms with van der Waals surface area (Å²) in [4.78, 5) is 4.39. The maximum Gasteiger partial charge on any atom is 0.114 e. The molecular weight excluding hydrogens is 164 g/mol. The minimum atomic E-state index is 0.451. The average Bonchev–Trinajstić information content (AvgIpc) is 2.47. The number of aryl methyl sites for hydroxylation is 2. The van der Waals surface area contributed by atoms with Crippen LogP contribution in [0, 0.1) is 13.8 Å². The molecule has 2 rings (SSSR count). The van der Waals surface area contributed by atoms with Crippen molar-refractivity contribution in [2.24, 2.45) is 5.73 Å². The molecule has 0 atom stereocenters. The van der Waals surface area contributed by atoms with E-state index in [2.05, 4.69) is 15.2 Å². The highest BCUT2D eigenvalue weighted by molar-refractivity contribution is 5.80. The van der Waals surface area contributed by atoms with E-state index in [0.29, 0.717) is 6.54 Å². The van der Waals surface area contributed by atoms with Gasteiger partial charge in [0.25, 0.3) is 0 Å². The lowest BCUT2D eigenvalue weighted by atomic mass is 10.2. The first-order chi connectivity index (χ1) is 6.22. The van der Waals surface area contributed by atoms with E-state index in [1.54, 1.807) is 0 Å². The third-order valence-electron chi connectivity index (χ3n) is 2.10. The zero-order chi connectivity index (χ0) is 9.42. The number of nitrogens with one attached hydrogen (secondary N) is 1. The van der Waals surface area contributed by atoms with Gasteiger partial charge in [-0.25, -0.2) is 4.98 Å². The van der Waals surface area contributed by atoms with Gasteiger partial charge in [0.15, 0.2) is 0 Å². The summed E-state index contributed by atoms with van der Waals surface area (Å²) in [5.41, 5.74) is 10.4. The molecular formula is C9H12N4. The fourth-order valence-corrected chi connectivity index (χ4v) is 1.50. The lowest BCUT2D eigenvalue weighted by molar-refractivity contribution is 0.955. The normalized spacial score (nSPS) is 11.0. The smallest absolute Gasteiger partial charge is 0.114 e. The molecule has 0 amide bonds. The first-order valence-electron chi connectivity index (χ1n) is 4.23. The molecule has 0 bridgehead atoms. The quantitative estimate of drug-likeness (QED) is 0.682. The summed E-state index contributed by atoms with van der Waals surface area (Å²) in [6.07, 6.45) is 0. The fourth-order valence-electron chi connectivity index (χ4n) is 1.50. The minimum Gasteiger partial charge on any atom is -0.325 e. The third-order valence-corrected chi connectivity index (χ3v) is 2.10. The molecule has 4 nitrogen and oxygen atoms in total. The second-order valence-corrected chi connectivity index (χ2v) is 3.18. The van der Waals surface area contributed by atoms with Crippen molar-refractivity contribution in [3.05, 3.63) is 23.0 Å². The highest BCUT2D eigenvalue weighted by Gasteiger charge is 2.07. The maximum atomic E-state index is 5.55. The monoisotopic (exact) mass is 176 g/mol. The SMILES string of the molecule is Cc1cc(C)c2n[nH]c(CN)c2n1. The predicted molar refractivity (Wildman–Crippen MR) is 51.3 cm³/mol. The van der Waals surface area contributed by atoms with E-state index in [1.807, 2.05) is 19.9 Å². The van der Waals surface area contributed by atoms with Gasteiger partial charge in [-0.2, -0.15) is 5.10 Å². The first kappa shape index (κ1) is 8.19. The lowest BCUT2D eigenvalue weighted by Crippen LogP contribution is -1.98. The number of fused-ring (bicyclic) bond motifs is 1. The van der Waals surface area contributed by atoms with Gasteiger partial charge in [-0.15, -0.1) is 0 Å². The van der Waals surface area contributed by atoms with Crippen molar-refractivity contribution in [1.82, 2.24) is 15.2 Å². The molecule has 13 heavy (non-hydrogen) atoms. The topological polar surface area (TPSA) is 67.6 Å². The van der Waals surface area contributed by atoms with Gasteiger partial charge in [-0.3, -0.25) is 5.10 Å². The van der Waals surface area contributed by atoms with Crippen LogP contribution >= 0.6 is 0 Å². The summed E-state index contributed by atoms with van der Waals surface area (Å²) < 4.78 is 0. The Kier molecular flexibility index (Phi) is 1.77. The van der Waals surface area contributed by atoms with Crippen molar-refractivity contribution in [3.8, 4) is 0 Å². The van der Waals surface area contributed by atoms with E-state index in [-0.39, 0.29) is 0 Å². The second-order valence-electron chi connectivity index (χ2n) is 3.18. The average molecular weight is 176 g/mol. The van der Waals surface area contributed by atoms with E-state index in [0.717, 1.165) is 28.0 Å².